The van der Waals surface area contributed by atoms with Crippen molar-refractivity contribution in [2.45, 2.75) is 6.61 Å². The van der Waals surface area contributed by atoms with Crippen LogP contribution in [0.15, 0.2) is 48.5 Å². The lowest BCUT2D eigenvalue weighted by molar-refractivity contribution is 0.185. The third-order valence-electron chi connectivity index (χ3n) is 2.79. The van der Waals surface area contributed by atoms with Crippen molar-refractivity contribution in [2.75, 3.05) is 7.11 Å². The van der Waals surface area contributed by atoms with Crippen LogP contribution in [-0.2, 0) is 11.3 Å². The summed E-state index contributed by atoms with van der Waals surface area (Å²) in [4.78, 5) is 0. The maximum Gasteiger partial charge on any atom is 0.123 e. The van der Waals surface area contributed by atoms with Gasteiger partial charge >= 0.3 is 0 Å². The van der Waals surface area contributed by atoms with Crippen LogP contribution in [0, 0.1) is 5.41 Å². The van der Waals surface area contributed by atoms with E-state index in [-0.39, 0.29) is 5.84 Å². The first kappa shape index (κ1) is 12.3. The molecule has 0 aromatic heterocycles. The zero-order valence-electron chi connectivity index (χ0n) is 10.3. The van der Waals surface area contributed by atoms with Crippen LogP contribution < -0.4 is 5.73 Å². The van der Waals surface area contributed by atoms with Gasteiger partial charge in [-0.15, -0.1) is 0 Å². The summed E-state index contributed by atoms with van der Waals surface area (Å²) in [6, 6.07) is 15.8. The molecule has 0 aliphatic heterocycles. The number of nitrogens with one attached hydrogen (secondary N) is 1. The van der Waals surface area contributed by atoms with Gasteiger partial charge in [-0.25, -0.2) is 0 Å². The summed E-state index contributed by atoms with van der Waals surface area (Å²) in [6.07, 6.45) is 0. The third kappa shape index (κ3) is 2.57. The Bertz CT molecular complexity index is 547. The molecule has 3 heteroatoms. The topological polar surface area (TPSA) is 59.1 Å². The van der Waals surface area contributed by atoms with Gasteiger partial charge in [-0.1, -0.05) is 48.5 Å². The molecular weight excluding hydrogens is 224 g/mol. The van der Waals surface area contributed by atoms with Gasteiger partial charge < -0.3 is 10.5 Å². The molecule has 0 radical (unpaired) electrons. The van der Waals surface area contributed by atoms with Gasteiger partial charge in [0.05, 0.1) is 6.61 Å². The Hall–Kier alpha value is -2.13. The third-order valence-corrected chi connectivity index (χ3v) is 2.79. The summed E-state index contributed by atoms with van der Waals surface area (Å²) in [5.74, 6) is 0.0894. The molecule has 18 heavy (non-hydrogen) atoms. The predicted molar refractivity (Wildman–Crippen MR) is 73.6 cm³/mol. The second-order valence-electron chi connectivity index (χ2n) is 4.09. The summed E-state index contributed by atoms with van der Waals surface area (Å²) < 4.78 is 5.08. The lowest BCUT2D eigenvalue weighted by Gasteiger charge is -2.09. The van der Waals surface area contributed by atoms with E-state index >= 15 is 0 Å². The molecule has 92 valence electrons. The first-order chi connectivity index (χ1) is 8.72. The predicted octanol–water partition coefficient (Wildman–Crippen LogP) is 2.78. The molecule has 0 aliphatic carbocycles. The van der Waals surface area contributed by atoms with E-state index in [0.717, 1.165) is 22.3 Å². The van der Waals surface area contributed by atoms with E-state index in [2.05, 4.69) is 0 Å². The van der Waals surface area contributed by atoms with Crippen molar-refractivity contribution in [1.29, 1.82) is 5.41 Å². The molecule has 0 amide bonds. The van der Waals surface area contributed by atoms with E-state index in [1.54, 1.807) is 7.11 Å². The second kappa shape index (κ2) is 5.47. The van der Waals surface area contributed by atoms with Gasteiger partial charge in [-0.05, 0) is 16.7 Å². The first-order valence-electron chi connectivity index (χ1n) is 5.74. The molecule has 0 aliphatic rings. The van der Waals surface area contributed by atoms with Crippen LogP contribution in [0.25, 0.3) is 11.1 Å². The molecule has 2 rings (SSSR count). The van der Waals surface area contributed by atoms with Crippen LogP contribution in [0.1, 0.15) is 11.1 Å². The minimum absolute atomic E-state index is 0.0894. The standard InChI is InChI=1S/C15H16N2O/c1-18-10-11-6-8-12(9-7-11)13-4-2-3-5-14(13)15(16)17/h2-9H,10H2,1H3,(H3,16,17). The Morgan fingerprint density at radius 2 is 1.78 bits per heavy atom. The minimum Gasteiger partial charge on any atom is -0.384 e. The second-order valence-corrected chi connectivity index (χ2v) is 4.09. The summed E-state index contributed by atoms with van der Waals surface area (Å²) in [6.45, 7) is 0.606. The van der Waals surface area contributed by atoms with Crippen LogP contribution in [0.3, 0.4) is 0 Å². The maximum absolute atomic E-state index is 7.59. The number of nitrogens with two attached hydrogens (primary N) is 1. The smallest absolute Gasteiger partial charge is 0.123 e. The van der Waals surface area contributed by atoms with Gasteiger partial charge in [0.25, 0.3) is 0 Å². The van der Waals surface area contributed by atoms with Crippen LogP contribution >= 0.6 is 0 Å². The minimum atomic E-state index is 0.0894. The first-order valence-corrected chi connectivity index (χ1v) is 5.74. The number of rotatable bonds is 4. The van der Waals surface area contributed by atoms with Crippen molar-refractivity contribution in [3.63, 3.8) is 0 Å². The highest BCUT2D eigenvalue weighted by atomic mass is 16.5. The van der Waals surface area contributed by atoms with E-state index in [1.807, 2.05) is 48.5 Å². The number of methoxy groups -OCH3 is 1. The Morgan fingerprint density at radius 1 is 1.11 bits per heavy atom. The molecule has 0 saturated heterocycles. The monoisotopic (exact) mass is 240 g/mol. The number of hydrogen-bond donors (Lipinski definition) is 2. The molecule has 3 nitrogen and oxygen atoms in total. The fourth-order valence-electron chi connectivity index (χ4n) is 1.92. The van der Waals surface area contributed by atoms with Crippen molar-refractivity contribution >= 4 is 5.84 Å². The van der Waals surface area contributed by atoms with Crippen molar-refractivity contribution < 1.29 is 4.74 Å². The van der Waals surface area contributed by atoms with Crippen LogP contribution in [-0.4, -0.2) is 12.9 Å². The Labute approximate surface area is 107 Å². The summed E-state index contributed by atoms with van der Waals surface area (Å²) in [5.41, 5.74) is 9.52. The highest BCUT2D eigenvalue weighted by Crippen LogP contribution is 2.23. The van der Waals surface area contributed by atoms with Crippen LogP contribution in [0.5, 0.6) is 0 Å². The summed E-state index contributed by atoms with van der Waals surface area (Å²) >= 11 is 0. The van der Waals surface area contributed by atoms with E-state index in [4.69, 9.17) is 15.9 Å². The molecule has 3 N–H and O–H groups in total. The Balaban J connectivity index is 2.39. The average molecular weight is 240 g/mol. The number of ether oxygens (including phenoxy) is 1. The normalized spacial score (nSPS) is 10.3. The fraction of sp³-hybridized carbons (Fsp3) is 0.133. The quantitative estimate of drug-likeness (QED) is 0.637. The lowest BCUT2D eigenvalue weighted by Crippen LogP contribution is -2.12. The molecular formula is C15H16N2O. The number of hydrogen-bond acceptors (Lipinski definition) is 2. The summed E-state index contributed by atoms with van der Waals surface area (Å²) in [5, 5.41) is 7.59. The van der Waals surface area contributed by atoms with Crippen molar-refractivity contribution in [1.82, 2.24) is 0 Å². The molecule has 0 fully saturated rings. The SMILES string of the molecule is COCc1ccc(-c2ccccc2C(=N)N)cc1. The molecule has 2 aromatic carbocycles. The number of nitrogen functional groups attached to an aromatic ring is 1. The maximum atomic E-state index is 7.59. The van der Waals surface area contributed by atoms with E-state index in [0.29, 0.717) is 6.61 Å². The van der Waals surface area contributed by atoms with E-state index in [1.165, 1.54) is 0 Å². The number of amidine groups is 1. The van der Waals surface area contributed by atoms with Gasteiger partial charge in [-0.3, -0.25) is 5.41 Å². The highest BCUT2D eigenvalue weighted by molar-refractivity contribution is 6.01. The average Bonchev–Trinajstić information content (AvgIpc) is 2.40. The summed E-state index contributed by atoms with van der Waals surface area (Å²) in [7, 11) is 1.68. The number of benzene rings is 2. The van der Waals surface area contributed by atoms with Crippen molar-refractivity contribution in [2.24, 2.45) is 5.73 Å². The lowest BCUT2D eigenvalue weighted by atomic mass is 9.98. The molecule has 0 atom stereocenters. The molecule has 0 bridgehead atoms. The molecule has 0 unspecified atom stereocenters. The zero-order valence-corrected chi connectivity index (χ0v) is 10.3. The zero-order chi connectivity index (χ0) is 13.0. The highest BCUT2D eigenvalue weighted by Gasteiger charge is 2.06. The van der Waals surface area contributed by atoms with Crippen LogP contribution in [0.4, 0.5) is 0 Å². The fourth-order valence-corrected chi connectivity index (χ4v) is 1.92. The molecule has 0 spiro atoms. The van der Waals surface area contributed by atoms with E-state index in [9.17, 15) is 0 Å². The molecule has 0 saturated carbocycles. The van der Waals surface area contributed by atoms with Gasteiger partial charge in [0, 0.05) is 12.7 Å². The van der Waals surface area contributed by atoms with Crippen molar-refractivity contribution in [3.8, 4) is 11.1 Å². The van der Waals surface area contributed by atoms with Gasteiger partial charge in [0.2, 0.25) is 0 Å². The Kier molecular flexibility index (Phi) is 3.75. The Morgan fingerprint density at radius 3 is 2.39 bits per heavy atom. The molecule has 0 heterocycles. The van der Waals surface area contributed by atoms with Gasteiger partial charge in [-0.2, -0.15) is 0 Å². The largest absolute Gasteiger partial charge is 0.384 e. The van der Waals surface area contributed by atoms with Gasteiger partial charge in [0.15, 0.2) is 0 Å². The van der Waals surface area contributed by atoms with Crippen LogP contribution in [0.2, 0.25) is 0 Å². The van der Waals surface area contributed by atoms with Gasteiger partial charge in [0.1, 0.15) is 5.84 Å². The van der Waals surface area contributed by atoms with Crippen molar-refractivity contribution in [3.05, 3.63) is 59.7 Å². The van der Waals surface area contributed by atoms with E-state index < -0.39 is 0 Å². The molecule has 2 aromatic rings.